The van der Waals surface area contributed by atoms with Crippen molar-refractivity contribution in [3.63, 3.8) is 0 Å². The molecule has 0 aliphatic heterocycles. The topological polar surface area (TPSA) is 32.3 Å². The summed E-state index contributed by atoms with van der Waals surface area (Å²) in [6.45, 7) is 3.61. The fourth-order valence-electron chi connectivity index (χ4n) is 1.98. The lowest BCUT2D eigenvalue weighted by molar-refractivity contribution is 0.190. The molecule has 78 valence electrons. The van der Waals surface area contributed by atoms with Gasteiger partial charge in [-0.15, -0.1) is 0 Å². The maximum atomic E-state index is 9.11. The number of aliphatic hydroxyl groups is 1. The third-order valence-electron chi connectivity index (χ3n) is 2.83. The van der Waals surface area contributed by atoms with E-state index in [-0.39, 0.29) is 6.10 Å². The van der Waals surface area contributed by atoms with Crippen LogP contribution in [0.1, 0.15) is 32.6 Å². The lowest BCUT2D eigenvalue weighted by atomic mass is 10.1. The molecule has 2 nitrogen and oxygen atoms in total. The van der Waals surface area contributed by atoms with E-state index < -0.39 is 0 Å². The van der Waals surface area contributed by atoms with Crippen LogP contribution in [-0.2, 0) is 0 Å². The first-order valence-corrected chi connectivity index (χ1v) is 6.35. The quantitative estimate of drug-likeness (QED) is 0.712. The molecule has 0 radical (unpaired) electrons. The van der Waals surface area contributed by atoms with Gasteiger partial charge < -0.3 is 10.4 Å². The Balaban J connectivity index is 2.23. The maximum absolute atomic E-state index is 9.11. The summed E-state index contributed by atoms with van der Waals surface area (Å²) in [6.07, 6.45) is 7.39. The predicted octanol–water partition coefficient (Wildman–Crippen LogP) is 1.63. The van der Waals surface area contributed by atoms with Crippen LogP contribution in [0.4, 0.5) is 0 Å². The van der Waals surface area contributed by atoms with Crippen LogP contribution < -0.4 is 5.32 Å². The van der Waals surface area contributed by atoms with E-state index in [9.17, 15) is 0 Å². The zero-order valence-corrected chi connectivity index (χ0v) is 9.49. The molecule has 0 saturated heterocycles. The van der Waals surface area contributed by atoms with Crippen molar-refractivity contribution in [1.29, 1.82) is 0 Å². The molecule has 1 unspecified atom stereocenters. The lowest BCUT2D eigenvalue weighted by Gasteiger charge is -2.27. The van der Waals surface area contributed by atoms with Crippen molar-refractivity contribution in [1.82, 2.24) is 5.32 Å². The normalized spacial score (nSPS) is 23.3. The van der Waals surface area contributed by atoms with E-state index in [2.05, 4.69) is 11.6 Å². The molecule has 0 amide bonds. The van der Waals surface area contributed by atoms with Gasteiger partial charge in [-0.2, -0.15) is 11.8 Å². The minimum Gasteiger partial charge on any atom is -0.392 e. The third-order valence-corrected chi connectivity index (χ3v) is 4.25. The fourth-order valence-corrected chi connectivity index (χ4v) is 2.92. The van der Waals surface area contributed by atoms with Gasteiger partial charge in [0.15, 0.2) is 0 Å². The zero-order chi connectivity index (χ0) is 9.73. The van der Waals surface area contributed by atoms with Crippen molar-refractivity contribution in [3.8, 4) is 0 Å². The van der Waals surface area contributed by atoms with E-state index in [0.29, 0.717) is 4.75 Å². The monoisotopic (exact) mass is 203 g/mol. The van der Waals surface area contributed by atoms with Gasteiger partial charge >= 0.3 is 0 Å². The zero-order valence-electron chi connectivity index (χ0n) is 8.68. The summed E-state index contributed by atoms with van der Waals surface area (Å²) < 4.78 is 0.467. The second kappa shape index (κ2) is 5.23. The molecule has 3 heteroatoms. The second-order valence-corrected chi connectivity index (χ2v) is 5.35. The van der Waals surface area contributed by atoms with Crippen LogP contribution in [-0.4, -0.2) is 35.3 Å². The minimum absolute atomic E-state index is 0.222. The lowest BCUT2D eigenvalue weighted by Crippen LogP contribution is -2.38. The Morgan fingerprint density at radius 3 is 2.54 bits per heavy atom. The smallest absolute Gasteiger partial charge is 0.0636 e. The van der Waals surface area contributed by atoms with E-state index >= 15 is 0 Å². The third kappa shape index (κ3) is 3.49. The molecule has 0 aromatic carbocycles. The van der Waals surface area contributed by atoms with Crippen molar-refractivity contribution in [2.45, 2.75) is 43.5 Å². The van der Waals surface area contributed by atoms with Gasteiger partial charge in [0.1, 0.15) is 0 Å². The molecule has 13 heavy (non-hydrogen) atoms. The first-order chi connectivity index (χ1) is 6.18. The van der Waals surface area contributed by atoms with Crippen LogP contribution in [0.15, 0.2) is 0 Å². The average Bonchev–Trinajstić information content (AvgIpc) is 2.53. The average molecular weight is 203 g/mol. The van der Waals surface area contributed by atoms with Crippen molar-refractivity contribution >= 4 is 11.8 Å². The Bertz CT molecular complexity index is 144. The van der Waals surface area contributed by atoms with Gasteiger partial charge in [-0.3, -0.25) is 0 Å². The molecule has 2 N–H and O–H groups in total. The van der Waals surface area contributed by atoms with Crippen LogP contribution in [0.3, 0.4) is 0 Å². The Hall–Kier alpha value is 0.270. The molecule has 0 bridgehead atoms. The Morgan fingerprint density at radius 1 is 1.46 bits per heavy atom. The van der Waals surface area contributed by atoms with Gasteiger partial charge in [-0.25, -0.2) is 0 Å². The molecule has 1 fully saturated rings. The van der Waals surface area contributed by atoms with E-state index in [1.54, 1.807) is 0 Å². The summed E-state index contributed by atoms with van der Waals surface area (Å²) >= 11 is 1.99. The molecule has 0 heterocycles. The molecule has 0 spiro atoms. The van der Waals surface area contributed by atoms with Crippen LogP contribution in [0, 0.1) is 0 Å². The summed E-state index contributed by atoms with van der Waals surface area (Å²) in [7, 11) is 0. The van der Waals surface area contributed by atoms with E-state index in [1.807, 2.05) is 18.7 Å². The highest BCUT2D eigenvalue weighted by Crippen LogP contribution is 2.39. The number of aliphatic hydroxyl groups excluding tert-OH is 1. The van der Waals surface area contributed by atoms with Gasteiger partial charge in [0, 0.05) is 17.8 Å². The largest absolute Gasteiger partial charge is 0.392 e. The van der Waals surface area contributed by atoms with Crippen LogP contribution in [0.25, 0.3) is 0 Å². The molecule has 1 aliphatic rings. The highest BCUT2D eigenvalue weighted by Gasteiger charge is 2.32. The van der Waals surface area contributed by atoms with Crippen molar-refractivity contribution in [2.75, 3.05) is 19.3 Å². The van der Waals surface area contributed by atoms with Gasteiger partial charge in [-0.1, -0.05) is 12.8 Å². The number of rotatable bonds is 5. The minimum atomic E-state index is -0.222. The van der Waals surface area contributed by atoms with Crippen molar-refractivity contribution in [3.05, 3.63) is 0 Å². The van der Waals surface area contributed by atoms with Crippen molar-refractivity contribution < 1.29 is 5.11 Å². The predicted molar refractivity (Wildman–Crippen MR) is 59.3 cm³/mol. The Labute approximate surface area is 85.5 Å². The molecular formula is C10H21NOS. The summed E-state index contributed by atoms with van der Waals surface area (Å²) in [5.74, 6) is 0. The number of nitrogens with one attached hydrogen (secondary N) is 1. The standard InChI is InChI=1S/C10H21NOS/c1-9(12)7-11-8-10(13-2)5-3-4-6-10/h9,11-12H,3-8H2,1-2H3. The van der Waals surface area contributed by atoms with Crippen molar-refractivity contribution in [2.24, 2.45) is 0 Å². The second-order valence-electron chi connectivity index (χ2n) is 4.07. The fraction of sp³-hybridized carbons (Fsp3) is 1.00. The molecule has 1 aliphatic carbocycles. The van der Waals surface area contributed by atoms with E-state index in [0.717, 1.165) is 13.1 Å². The molecular weight excluding hydrogens is 182 g/mol. The van der Waals surface area contributed by atoms with E-state index in [1.165, 1.54) is 25.7 Å². The van der Waals surface area contributed by atoms with Gasteiger partial charge in [0.05, 0.1) is 6.10 Å². The Morgan fingerprint density at radius 2 is 2.08 bits per heavy atom. The molecule has 1 saturated carbocycles. The highest BCUT2D eigenvalue weighted by atomic mass is 32.2. The Kier molecular flexibility index (Phi) is 4.56. The summed E-state index contributed by atoms with van der Waals surface area (Å²) in [6, 6.07) is 0. The number of hydrogen-bond donors (Lipinski definition) is 2. The summed E-state index contributed by atoms with van der Waals surface area (Å²) in [5, 5.41) is 12.5. The number of hydrogen-bond acceptors (Lipinski definition) is 3. The molecule has 0 aromatic heterocycles. The van der Waals surface area contributed by atoms with Crippen LogP contribution in [0.5, 0.6) is 0 Å². The van der Waals surface area contributed by atoms with Gasteiger partial charge in [0.25, 0.3) is 0 Å². The molecule has 1 rings (SSSR count). The van der Waals surface area contributed by atoms with Gasteiger partial charge in [-0.05, 0) is 26.0 Å². The first kappa shape index (κ1) is 11.3. The summed E-state index contributed by atoms with van der Waals surface area (Å²) in [4.78, 5) is 0. The maximum Gasteiger partial charge on any atom is 0.0636 e. The van der Waals surface area contributed by atoms with Crippen LogP contribution in [0.2, 0.25) is 0 Å². The SMILES string of the molecule is CSC1(CNCC(C)O)CCCC1. The van der Waals surface area contributed by atoms with E-state index in [4.69, 9.17) is 5.11 Å². The number of thioether (sulfide) groups is 1. The van der Waals surface area contributed by atoms with Crippen LogP contribution >= 0.6 is 11.8 Å². The molecule has 0 aromatic rings. The molecule has 1 atom stereocenters. The first-order valence-electron chi connectivity index (χ1n) is 5.12. The summed E-state index contributed by atoms with van der Waals surface area (Å²) in [5.41, 5.74) is 0. The highest BCUT2D eigenvalue weighted by molar-refractivity contribution is 8.00. The van der Waals surface area contributed by atoms with Gasteiger partial charge in [0.2, 0.25) is 0 Å².